The summed E-state index contributed by atoms with van der Waals surface area (Å²) in [6.45, 7) is 6.41. The van der Waals surface area contributed by atoms with E-state index in [1.54, 1.807) is 6.07 Å². The summed E-state index contributed by atoms with van der Waals surface area (Å²) in [5.41, 5.74) is -0.218. The maximum Gasteiger partial charge on any atom is 0.573 e. The molecule has 0 radical (unpaired) electrons. The van der Waals surface area contributed by atoms with Gasteiger partial charge in [0.1, 0.15) is 5.75 Å². The Bertz CT molecular complexity index is 561. The molecule has 0 bridgehead atoms. The second kappa shape index (κ2) is 7.59. The molecule has 1 aliphatic heterocycles. The van der Waals surface area contributed by atoms with Crippen LogP contribution in [0.15, 0.2) is 22.7 Å². The third kappa shape index (κ3) is 4.84. The van der Waals surface area contributed by atoms with Gasteiger partial charge in [0, 0.05) is 54.3 Å². The first-order valence-corrected chi connectivity index (χ1v) is 8.54. The van der Waals surface area contributed by atoms with E-state index < -0.39 is 17.8 Å². The highest BCUT2D eigenvalue weighted by molar-refractivity contribution is 9.10. The highest BCUT2D eigenvalue weighted by Crippen LogP contribution is 2.44. The van der Waals surface area contributed by atoms with Gasteiger partial charge in [-0.05, 0) is 18.2 Å². The van der Waals surface area contributed by atoms with Crippen LogP contribution in [0.25, 0.3) is 0 Å². The number of ether oxygens (including phenoxy) is 1. The first-order valence-electron chi connectivity index (χ1n) is 7.75. The molecule has 0 saturated carbocycles. The summed E-state index contributed by atoms with van der Waals surface area (Å²) < 4.78 is 43.3. The second-order valence-electron chi connectivity index (χ2n) is 6.57. The fraction of sp³-hybridized carbons (Fsp3) is 0.625. The van der Waals surface area contributed by atoms with Crippen molar-refractivity contribution >= 4 is 15.9 Å². The second-order valence-corrected chi connectivity index (χ2v) is 7.48. The van der Waals surface area contributed by atoms with E-state index in [0.717, 1.165) is 13.1 Å². The third-order valence-corrected chi connectivity index (χ3v) is 4.65. The highest BCUT2D eigenvalue weighted by Gasteiger charge is 2.40. The van der Waals surface area contributed by atoms with Gasteiger partial charge in [0.2, 0.25) is 0 Å². The lowest BCUT2D eigenvalue weighted by Gasteiger charge is -2.44. The summed E-state index contributed by atoms with van der Waals surface area (Å²) in [7, 11) is 0. The average Bonchev–Trinajstić information content (AvgIpc) is 2.50. The lowest BCUT2D eigenvalue weighted by molar-refractivity contribution is -0.275. The monoisotopic (exact) mass is 410 g/mol. The molecule has 0 unspecified atom stereocenters. The number of aliphatic hydroxyl groups excluding tert-OH is 1. The van der Waals surface area contributed by atoms with E-state index in [-0.39, 0.29) is 12.4 Å². The van der Waals surface area contributed by atoms with E-state index in [4.69, 9.17) is 0 Å². The molecule has 4 nitrogen and oxygen atoms in total. The van der Waals surface area contributed by atoms with Gasteiger partial charge < -0.3 is 15.2 Å². The van der Waals surface area contributed by atoms with Crippen molar-refractivity contribution in [2.45, 2.75) is 26.3 Å². The van der Waals surface area contributed by atoms with E-state index in [0.29, 0.717) is 23.1 Å². The molecule has 0 aliphatic carbocycles. The van der Waals surface area contributed by atoms with Gasteiger partial charge in [-0.2, -0.15) is 0 Å². The number of benzene rings is 1. The van der Waals surface area contributed by atoms with E-state index >= 15 is 0 Å². The topological polar surface area (TPSA) is 44.7 Å². The maximum absolute atomic E-state index is 12.8. The van der Waals surface area contributed by atoms with E-state index in [9.17, 15) is 18.3 Å². The largest absolute Gasteiger partial charge is 0.573 e. The van der Waals surface area contributed by atoms with Crippen molar-refractivity contribution in [3.63, 3.8) is 0 Å². The van der Waals surface area contributed by atoms with E-state index in [1.165, 1.54) is 12.1 Å². The molecule has 1 aromatic carbocycles. The summed E-state index contributed by atoms with van der Waals surface area (Å²) in [6, 6.07) is 4.07. The van der Waals surface area contributed by atoms with Gasteiger partial charge >= 0.3 is 6.36 Å². The molecule has 0 amide bonds. The van der Waals surface area contributed by atoms with Crippen LogP contribution in [0, 0.1) is 5.41 Å². The zero-order chi connectivity index (χ0) is 18.0. The average molecular weight is 411 g/mol. The number of alkyl halides is 3. The zero-order valence-corrected chi connectivity index (χ0v) is 15.2. The fourth-order valence-corrected chi connectivity index (χ4v) is 3.47. The summed E-state index contributed by atoms with van der Waals surface area (Å²) in [6.07, 6.45) is -4.76. The number of piperazine rings is 1. The van der Waals surface area contributed by atoms with Crippen LogP contribution >= 0.6 is 15.9 Å². The molecule has 0 spiro atoms. The van der Waals surface area contributed by atoms with Crippen LogP contribution in [-0.4, -0.2) is 49.2 Å². The molecule has 2 rings (SSSR count). The van der Waals surface area contributed by atoms with Crippen molar-refractivity contribution in [3.05, 3.63) is 28.2 Å². The Morgan fingerprint density at radius 2 is 1.92 bits per heavy atom. The summed E-state index contributed by atoms with van der Waals surface area (Å²) in [5.74, 6) is -0.226. The van der Waals surface area contributed by atoms with Gasteiger partial charge in [0.05, 0.1) is 0 Å². The Morgan fingerprint density at radius 1 is 1.29 bits per heavy atom. The van der Waals surface area contributed by atoms with Crippen LogP contribution in [0.4, 0.5) is 13.2 Å². The quantitative estimate of drug-likeness (QED) is 0.781. The molecule has 8 heteroatoms. The van der Waals surface area contributed by atoms with E-state index in [1.807, 2.05) is 13.8 Å². The Balaban J connectivity index is 2.50. The van der Waals surface area contributed by atoms with Crippen LogP contribution in [0.2, 0.25) is 0 Å². The van der Waals surface area contributed by atoms with Gasteiger partial charge in [-0.15, -0.1) is 13.2 Å². The number of aliphatic hydroxyl groups is 1. The fourth-order valence-electron chi connectivity index (χ4n) is 3.09. The molecular formula is C16H22BrF3N2O2. The maximum atomic E-state index is 12.8. The van der Waals surface area contributed by atoms with Crippen molar-refractivity contribution in [1.29, 1.82) is 0 Å². The van der Waals surface area contributed by atoms with Gasteiger partial charge in [0.15, 0.2) is 0 Å². The predicted octanol–water partition coefficient (Wildman–Crippen LogP) is 3.31. The van der Waals surface area contributed by atoms with Crippen molar-refractivity contribution in [2.75, 3.05) is 32.8 Å². The molecule has 2 N–H and O–H groups in total. The molecule has 1 saturated heterocycles. The van der Waals surface area contributed by atoms with Crippen molar-refractivity contribution < 1.29 is 23.0 Å². The van der Waals surface area contributed by atoms with Crippen molar-refractivity contribution in [3.8, 4) is 5.75 Å². The van der Waals surface area contributed by atoms with E-state index in [2.05, 4.69) is 30.9 Å². The molecule has 1 heterocycles. The minimum atomic E-state index is -4.76. The summed E-state index contributed by atoms with van der Waals surface area (Å²) in [4.78, 5) is 2.09. The van der Waals surface area contributed by atoms with Crippen molar-refractivity contribution in [2.24, 2.45) is 5.41 Å². The Hall–Kier alpha value is -0.830. The number of rotatable bonds is 5. The molecule has 1 atom stereocenters. The molecular weight excluding hydrogens is 389 g/mol. The Kier molecular flexibility index (Phi) is 6.17. The molecule has 1 fully saturated rings. The smallest absolute Gasteiger partial charge is 0.405 e. The lowest BCUT2D eigenvalue weighted by atomic mass is 9.79. The third-order valence-electron chi connectivity index (χ3n) is 4.16. The summed E-state index contributed by atoms with van der Waals surface area (Å²) >= 11 is 3.33. The molecule has 24 heavy (non-hydrogen) atoms. The SMILES string of the molecule is CC(C)(CO)[C@@H](c1cc(Br)ccc1OC(F)(F)F)N1CCNCC1. The first-order chi connectivity index (χ1) is 11.1. The van der Waals surface area contributed by atoms with Crippen LogP contribution < -0.4 is 10.1 Å². The predicted molar refractivity (Wildman–Crippen MR) is 88.9 cm³/mol. The number of nitrogens with one attached hydrogen (secondary N) is 1. The molecule has 1 aliphatic rings. The zero-order valence-electron chi connectivity index (χ0n) is 13.7. The van der Waals surface area contributed by atoms with Crippen LogP contribution in [0.5, 0.6) is 5.75 Å². The first kappa shape index (κ1) is 19.5. The van der Waals surface area contributed by atoms with Crippen LogP contribution in [0.3, 0.4) is 0 Å². The standard InChI is InChI=1S/C16H22BrF3N2O2/c1-15(2,10-23)14(22-7-5-21-6-8-22)12-9-11(17)3-4-13(12)24-16(18,19)20/h3-4,9,14,21,23H,5-8,10H2,1-2H3/t14-/m1/s1. The minimum absolute atomic E-state index is 0.153. The van der Waals surface area contributed by atoms with Crippen LogP contribution in [-0.2, 0) is 0 Å². The Morgan fingerprint density at radius 3 is 2.46 bits per heavy atom. The molecule has 0 aromatic heterocycles. The highest BCUT2D eigenvalue weighted by atomic mass is 79.9. The van der Waals surface area contributed by atoms with Gasteiger partial charge in [-0.3, -0.25) is 4.90 Å². The Labute approximate surface area is 148 Å². The number of hydrogen-bond donors (Lipinski definition) is 2. The summed E-state index contributed by atoms with van der Waals surface area (Å²) in [5, 5.41) is 13.1. The molecule has 136 valence electrons. The number of nitrogens with zero attached hydrogens (tertiary/aromatic N) is 1. The number of halogens is 4. The van der Waals surface area contributed by atoms with Gasteiger partial charge in [0.25, 0.3) is 0 Å². The van der Waals surface area contributed by atoms with Gasteiger partial charge in [-0.1, -0.05) is 29.8 Å². The normalized spacial score (nSPS) is 18.5. The molecule has 1 aromatic rings. The van der Waals surface area contributed by atoms with Crippen molar-refractivity contribution in [1.82, 2.24) is 10.2 Å². The number of hydrogen-bond acceptors (Lipinski definition) is 4. The van der Waals surface area contributed by atoms with Gasteiger partial charge in [-0.25, -0.2) is 0 Å². The minimum Gasteiger partial charge on any atom is -0.405 e. The van der Waals surface area contributed by atoms with Crippen LogP contribution in [0.1, 0.15) is 25.5 Å². The lowest BCUT2D eigenvalue weighted by Crippen LogP contribution is -2.49.